The number of guanidine groups is 1. The first kappa shape index (κ1) is 25.3. The van der Waals surface area contributed by atoms with E-state index in [0.29, 0.717) is 12.5 Å². The van der Waals surface area contributed by atoms with Crippen molar-refractivity contribution in [3.05, 3.63) is 35.6 Å². The number of hydrogen-bond acceptors (Lipinski definition) is 4. The van der Waals surface area contributed by atoms with E-state index >= 15 is 0 Å². The van der Waals surface area contributed by atoms with Gasteiger partial charge in [0.15, 0.2) is 5.96 Å². The predicted octanol–water partition coefficient (Wildman–Crippen LogP) is 2.71. The van der Waals surface area contributed by atoms with Crippen LogP contribution in [0.4, 0.5) is 4.39 Å². The van der Waals surface area contributed by atoms with Crippen LogP contribution in [-0.2, 0) is 4.74 Å². The number of piperidine rings is 1. The van der Waals surface area contributed by atoms with Crippen molar-refractivity contribution in [3.8, 4) is 0 Å². The van der Waals surface area contributed by atoms with Gasteiger partial charge in [-0.15, -0.1) is 24.0 Å². The van der Waals surface area contributed by atoms with Gasteiger partial charge in [0.05, 0.1) is 25.8 Å². The zero-order chi connectivity index (χ0) is 20.5. The van der Waals surface area contributed by atoms with Gasteiger partial charge in [-0.2, -0.15) is 0 Å². The van der Waals surface area contributed by atoms with E-state index in [-0.39, 0.29) is 35.8 Å². The molecule has 2 fully saturated rings. The molecule has 2 aliphatic heterocycles. The molecule has 0 saturated carbocycles. The van der Waals surface area contributed by atoms with Crippen LogP contribution in [0.3, 0.4) is 0 Å². The van der Waals surface area contributed by atoms with E-state index in [4.69, 9.17) is 9.73 Å². The lowest BCUT2D eigenvalue weighted by Gasteiger charge is -2.34. The molecule has 1 aromatic rings. The number of nitrogens with one attached hydrogen (secondary N) is 2. The Hall–Kier alpha value is -0.970. The van der Waals surface area contributed by atoms with Crippen molar-refractivity contribution in [3.63, 3.8) is 0 Å². The van der Waals surface area contributed by atoms with Crippen molar-refractivity contribution in [2.24, 2.45) is 10.9 Å². The van der Waals surface area contributed by atoms with Crippen molar-refractivity contribution in [2.45, 2.75) is 25.8 Å². The van der Waals surface area contributed by atoms with Crippen molar-refractivity contribution >= 4 is 29.9 Å². The predicted molar refractivity (Wildman–Crippen MR) is 131 cm³/mol. The smallest absolute Gasteiger partial charge is 0.191 e. The van der Waals surface area contributed by atoms with E-state index in [2.05, 4.69) is 34.4 Å². The molecule has 8 heteroatoms. The number of likely N-dealkylation sites (tertiary alicyclic amines) is 1. The van der Waals surface area contributed by atoms with Crippen molar-refractivity contribution in [1.29, 1.82) is 0 Å². The SMILES string of the molecule is CCNC(=NCC(c1ccc(F)cc1)N1CCOCC1)NCC1CCN(C)CC1.I. The maximum Gasteiger partial charge on any atom is 0.191 e. The fraction of sp³-hybridized carbons (Fsp3) is 0.682. The summed E-state index contributed by atoms with van der Waals surface area (Å²) in [5, 5.41) is 6.92. The lowest BCUT2D eigenvalue weighted by atomic mass is 9.97. The van der Waals surface area contributed by atoms with Crippen LogP contribution in [0, 0.1) is 11.7 Å². The highest BCUT2D eigenvalue weighted by molar-refractivity contribution is 14.0. The molecule has 3 rings (SSSR count). The Balaban J connectivity index is 0.00000320. The summed E-state index contributed by atoms with van der Waals surface area (Å²) in [6, 6.07) is 6.96. The average Bonchev–Trinajstić information content (AvgIpc) is 2.75. The quantitative estimate of drug-likeness (QED) is 0.321. The van der Waals surface area contributed by atoms with Gasteiger partial charge >= 0.3 is 0 Å². The number of halogens is 2. The highest BCUT2D eigenvalue weighted by Crippen LogP contribution is 2.23. The van der Waals surface area contributed by atoms with Crippen LogP contribution in [0.15, 0.2) is 29.3 Å². The molecule has 1 unspecified atom stereocenters. The number of benzene rings is 1. The third kappa shape index (κ3) is 7.94. The molecule has 2 N–H and O–H groups in total. The Morgan fingerprint density at radius 2 is 1.80 bits per heavy atom. The number of nitrogens with zero attached hydrogens (tertiary/aromatic N) is 3. The summed E-state index contributed by atoms with van der Waals surface area (Å²) in [6.45, 7) is 10.1. The molecule has 1 aromatic carbocycles. The van der Waals surface area contributed by atoms with Gasteiger partial charge in [0, 0.05) is 26.2 Å². The number of morpholine rings is 1. The van der Waals surface area contributed by atoms with E-state index in [1.54, 1.807) is 0 Å². The molecule has 2 heterocycles. The molecular weight excluding hydrogens is 496 g/mol. The lowest BCUT2D eigenvalue weighted by Crippen LogP contribution is -2.43. The van der Waals surface area contributed by atoms with Gasteiger partial charge in [-0.3, -0.25) is 9.89 Å². The second-order valence-electron chi connectivity index (χ2n) is 8.06. The Bertz CT molecular complexity index is 631. The normalized spacial score (nSPS) is 20.4. The van der Waals surface area contributed by atoms with Crippen LogP contribution >= 0.6 is 24.0 Å². The molecular formula is C22H37FIN5O. The molecule has 6 nitrogen and oxygen atoms in total. The fourth-order valence-corrected chi connectivity index (χ4v) is 4.03. The minimum Gasteiger partial charge on any atom is -0.379 e. The molecule has 2 aliphatic rings. The molecule has 0 bridgehead atoms. The van der Waals surface area contributed by atoms with Gasteiger partial charge < -0.3 is 20.3 Å². The number of aliphatic imine (C=N–C) groups is 1. The minimum atomic E-state index is -0.203. The van der Waals surface area contributed by atoms with E-state index in [1.807, 2.05) is 12.1 Å². The summed E-state index contributed by atoms with van der Waals surface area (Å²) in [7, 11) is 2.19. The molecule has 2 saturated heterocycles. The van der Waals surface area contributed by atoms with Crippen molar-refractivity contribution in [2.75, 3.05) is 66.1 Å². The second kappa shape index (κ2) is 13.4. The van der Waals surface area contributed by atoms with E-state index in [1.165, 1.54) is 38.1 Å². The van der Waals surface area contributed by atoms with Crippen molar-refractivity contribution < 1.29 is 9.13 Å². The first-order valence-electron chi connectivity index (χ1n) is 10.9. The summed E-state index contributed by atoms with van der Waals surface area (Å²) in [4.78, 5) is 9.68. The van der Waals surface area contributed by atoms with Gasteiger partial charge in [-0.25, -0.2) is 4.39 Å². The summed E-state index contributed by atoms with van der Waals surface area (Å²) < 4.78 is 18.9. The summed E-state index contributed by atoms with van der Waals surface area (Å²) in [5.74, 6) is 1.36. The Morgan fingerprint density at radius 1 is 1.13 bits per heavy atom. The molecule has 0 spiro atoms. The maximum atomic E-state index is 13.4. The fourth-order valence-electron chi connectivity index (χ4n) is 4.03. The average molecular weight is 533 g/mol. The molecule has 0 aromatic heterocycles. The summed E-state index contributed by atoms with van der Waals surface area (Å²) >= 11 is 0. The molecule has 30 heavy (non-hydrogen) atoms. The third-order valence-electron chi connectivity index (χ3n) is 5.90. The van der Waals surface area contributed by atoms with Crippen LogP contribution in [0.2, 0.25) is 0 Å². The minimum absolute atomic E-state index is 0. The first-order valence-corrected chi connectivity index (χ1v) is 10.9. The second-order valence-corrected chi connectivity index (χ2v) is 8.06. The molecule has 170 valence electrons. The van der Waals surface area contributed by atoms with E-state index in [0.717, 1.165) is 50.9 Å². The number of rotatable bonds is 7. The van der Waals surface area contributed by atoms with E-state index < -0.39 is 0 Å². The largest absolute Gasteiger partial charge is 0.379 e. The highest BCUT2D eigenvalue weighted by atomic mass is 127. The first-order chi connectivity index (χ1) is 14.2. The van der Waals surface area contributed by atoms with Gasteiger partial charge in [-0.05, 0) is 63.5 Å². The van der Waals surface area contributed by atoms with Gasteiger partial charge in [-0.1, -0.05) is 12.1 Å². The van der Waals surface area contributed by atoms with Crippen LogP contribution in [-0.4, -0.2) is 81.8 Å². The number of hydrogen-bond donors (Lipinski definition) is 2. The maximum absolute atomic E-state index is 13.4. The van der Waals surface area contributed by atoms with Crippen LogP contribution < -0.4 is 10.6 Å². The standard InChI is InChI=1S/C22H36FN5O.HI/c1-3-24-22(25-16-18-8-10-27(2)11-9-18)26-17-21(28-12-14-29-15-13-28)19-4-6-20(23)7-5-19;/h4-7,18,21H,3,8-17H2,1-2H3,(H2,24,25,26);1H. The molecule has 0 radical (unpaired) electrons. The van der Waals surface area contributed by atoms with Crippen LogP contribution in [0.25, 0.3) is 0 Å². The molecule has 0 aliphatic carbocycles. The highest BCUT2D eigenvalue weighted by Gasteiger charge is 2.23. The lowest BCUT2D eigenvalue weighted by molar-refractivity contribution is 0.0179. The van der Waals surface area contributed by atoms with Gasteiger partial charge in [0.1, 0.15) is 5.82 Å². The number of ether oxygens (including phenoxy) is 1. The van der Waals surface area contributed by atoms with Gasteiger partial charge in [0.25, 0.3) is 0 Å². The topological polar surface area (TPSA) is 52.1 Å². The van der Waals surface area contributed by atoms with Crippen LogP contribution in [0.5, 0.6) is 0 Å². The Morgan fingerprint density at radius 3 is 2.43 bits per heavy atom. The summed E-state index contributed by atoms with van der Waals surface area (Å²) in [6.07, 6.45) is 2.46. The van der Waals surface area contributed by atoms with Crippen molar-refractivity contribution in [1.82, 2.24) is 20.4 Å². The molecule has 0 amide bonds. The zero-order valence-electron chi connectivity index (χ0n) is 18.3. The Labute approximate surface area is 197 Å². The van der Waals surface area contributed by atoms with Crippen LogP contribution in [0.1, 0.15) is 31.4 Å². The molecule has 1 atom stereocenters. The van der Waals surface area contributed by atoms with E-state index in [9.17, 15) is 4.39 Å². The Kier molecular flexibility index (Phi) is 11.3. The van der Waals surface area contributed by atoms with Gasteiger partial charge in [0.2, 0.25) is 0 Å². The zero-order valence-corrected chi connectivity index (χ0v) is 20.6. The monoisotopic (exact) mass is 533 g/mol. The summed E-state index contributed by atoms with van der Waals surface area (Å²) in [5.41, 5.74) is 1.10. The third-order valence-corrected chi connectivity index (χ3v) is 5.90.